The Labute approximate surface area is 110 Å². The van der Waals surface area contributed by atoms with Crippen LogP contribution < -0.4 is 11.3 Å². The highest BCUT2D eigenvalue weighted by molar-refractivity contribution is 5.25. The van der Waals surface area contributed by atoms with E-state index < -0.39 is 0 Å². The van der Waals surface area contributed by atoms with Crippen LogP contribution in [0.3, 0.4) is 0 Å². The van der Waals surface area contributed by atoms with E-state index in [0.717, 1.165) is 11.8 Å². The SMILES string of the molecule is Cc1ccncc1C(NN)C1CCC(C)C(C)C1. The van der Waals surface area contributed by atoms with E-state index in [1.54, 1.807) is 0 Å². The second kappa shape index (κ2) is 5.81. The zero-order chi connectivity index (χ0) is 13.1. The van der Waals surface area contributed by atoms with Crippen molar-refractivity contribution in [1.82, 2.24) is 10.4 Å². The number of hydrogen-bond donors (Lipinski definition) is 2. The third kappa shape index (κ3) is 2.73. The van der Waals surface area contributed by atoms with Gasteiger partial charge in [0, 0.05) is 12.4 Å². The molecule has 4 unspecified atom stereocenters. The Kier molecular flexibility index (Phi) is 4.36. The largest absolute Gasteiger partial charge is 0.271 e. The molecule has 0 radical (unpaired) electrons. The van der Waals surface area contributed by atoms with Gasteiger partial charge < -0.3 is 0 Å². The Morgan fingerprint density at radius 2 is 2.11 bits per heavy atom. The first-order chi connectivity index (χ1) is 8.63. The van der Waals surface area contributed by atoms with Crippen LogP contribution in [-0.4, -0.2) is 4.98 Å². The topological polar surface area (TPSA) is 50.9 Å². The lowest BCUT2D eigenvalue weighted by molar-refractivity contribution is 0.171. The van der Waals surface area contributed by atoms with Gasteiger partial charge in [0.15, 0.2) is 0 Å². The number of nitrogens with zero attached hydrogens (tertiary/aromatic N) is 1. The number of aryl methyl sites for hydroxylation is 1. The van der Waals surface area contributed by atoms with Crippen LogP contribution in [0, 0.1) is 24.7 Å². The van der Waals surface area contributed by atoms with Gasteiger partial charge in [0.2, 0.25) is 0 Å². The number of aromatic nitrogens is 1. The molecule has 1 saturated carbocycles. The zero-order valence-corrected chi connectivity index (χ0v) is 11.7. The smallest absolute Gasteiger partial charge is 0.0506 e. The van der Waals surface area contributed by atoms with Gasteiger partial charge in [-0.1, -0.05) is 20.3 Å². The summed E-state index contributed by atoms with van der Waals surface area (Å²) >= 11 is 0. The summed E-state index contributed by atoms with van der Waals surface area (Å²) in [4.78, 5) is 4.25. The van der Waals surface area contributed by atoms with E-state index in [2.05, 4.69) is 37.2 Å². The monoisotopic (exact) mass is 247 g/mol. The first kappa shape index (κ1) is 13.5. The van der Waals surface area contributed by atoms with Gasteiger partial charge in [-0.25, -0.2) is 0 Å². The Balaban J connectivity index is 2.17. The minimum absolute atomic E-state index is 0.244. The number of hydrazine groups is 1. The van der Waals surface area contributed by atoms with Crippen LogP contribution in [0.1, 0.15) is 50.3 Å². The molecule has 1 fully saturated rings. The molecule has 0 bridgehead atoms. The van der Waals surface area contributed by atoms with Gasteiger partial charge in [0.25, 0.3) is 0 Å². The maximum absolute atomic E-state index is 5.81. The Bertz CT molecular complexity index is 391. The summed E-state index contributed by atoms with van der Waals surface area (Å²) in [6.07, 6.45) is 7.63. The highest BCUT2D eigenvalue weighted by Crippen LogP contribution is 2.39. The predicted octanol–water partition coefficient (Wildman–Crippen LogP) is 2.97. The molecule has 0 aromatic carbocycles. The van der Waals surface area contributed by atoms with Crippen molar-refractivity contribution in [3.8, 4) is 0 Å². The number of nitrogens with two attached hydrogens (primary N) is 1. The fraction of sp³-hybridized carbons (Fsp3) is 0.667. The predicted molar refractivity (Wildman–Crippen MR) is 74.7 cm³/mol. The number of rotatable bonds is 3. The van der Waals surface area contributed by atoms with Gasteiger partial charge in [-0.05, 0) is 54.7 Å². The molecule has 1 aliphatic rings. The summed E-state index contributed by atoms with van der Waals surface area (Å²) in [6, 6.07) is 2.31. The van der Waals surface area contributed by atoms with Crippen LogP contribution >= 0.6 is 0 Å². The van der Waals surface area contributed by atoms with E-state index in [1.807, 2.05) is 12.4 Å². The minimum Gasteiger partial charge on any atom is -0.271 e. The lowest BCUT2D eigenvalue weighted by Crippen LogP contribution is -2.37. The molecule has 3 nitrogen and oxygen atoms in total. The molecule has 1 aromatic rings. The van der Waals surface area contributed by atoms with E-state index in [0.29, 0.717) is 5.92 Å². The van der Waals surface area contributed by atoms with Gasteiger partial charge >= 0.3 is 0 Å². The Morgan fingerprint density at radius 3 is 2.72 bits per heavy atom. The quantitative estimate of drug-likeness (QED) is 0.638. The molecule has 3 N–H and O–H groups in total. The first-order valence-corrected chi connectivity index (χ1v) is 7.00. The minimum atomic E-state index is 0.244. The third-order valence-corrected chi connectivity index (χ3v) is 4.70. The summed E-state index contributed by atoms with van der Waals surface area (Å²) in [7, 11) is 0. The standard InChI is InChI=1S/C15H25N3/c1-10-4-5-13(8-12(10)3)15(18-16)14-9-17-7-6-11(14)2/h6-7,9-10,12-13,15,18H,4-5,8,16H2,1-3H3. The molecule has 2 rings (SSSR count). The normalized spacial score (nSPS) is 30.1. The first-order valence-electron chi connectivity index (χ1n) is 7.00. The fourth-order valence-electron chi connectivity index (χ4n) is 3.17. The van der Waals surface area contributed by atoms with Gasteiger partial charge in [0.05, 0.1) is 6.04 Å². The summed E-state index contributed by atoms with van der Waals surface area (Å²) in [5, 5.41) is 0. The molecule has 0 spiro atoms. The third-order valence-electron chi connectivity index (χ3n) is 4.70. The molecule has 0 aliphatic heterocycles. The van der Waals surface area contributed by atoms with Gasteiger partial charge in [0.1, 0.15) is 0 Å². The maximum Gasteiger partial charge on any atom is 0.0506 e. The molecule has 18 heavy (non-hydrogen) atoms. The zero-order valence-electron chi connectivity index (χ0n) is 11.7. The second-order valence-electron chi connectivity index (χ2n) is 5.90. The van der Waals surface area contributed by atoms with Gasteiger partial charge in [-0.3, -0.25) is 16.3 Å². The van der Waals surface area contributed by atoms with Crippen molar-refractivity contribution in [3.63, 3.8) is 0 Å². The molecule has 0 saturated heterocycles. The maximum atomic E-state index is 5.81. The molecule has 1 aliphatic carbocycles. The van der Waals surface area contributed by atoms with Crippen molar-refractivity contribution < 1.29 is 0 Å². The van der Waals surface area contributed by atoms with Crippen molar-refractivity contribution in [1.29, 1.82) is 0 Å². The van der Waals surface area contributed by atoms with Crippen LogP contribution in [0.25, 0.3) is 0 Å². The summed E-state index contributed by atoms with van der Waals surface area (Å²) in [6.45, 7) is 6.86. The average molecular weight is 247 g/mol. The fourth-order valence-corrected chi connectivity index (χ4v) is 3.17. The molecule has 4 atom stereocenters. The van der Waals surface area contributed by atoms with Gasteiger partial charge in [-0.15, -0.1) is 0 Å². The van der Waals surface area contributed by atoms with E-state index in [-0.39, 0.29) is 6.04 Å². The van der Waals surface area contributed by atoms with Crippen LogP contribution in [0.4, 0.5) is 0 Å². The Hall–Kier alpha value is -0.930. The lowest BCUT2D eigenvalue weighted by Gasteiger charge is -2.37. The van der Waals surface area contributed by atoms with Crippen molar-refractivity contribution in [2.75, 3.05) is 0 Å². The summed E-state index contributed by atoms with van der Waals surface area (Å²) < 4.78 is 0. The van der Waals surface area contributed by atoms with Crippen LogP contribution in [0.5, 0.6) is 0 Å². The average Bonchev–Trinajstić information content (AvgIpc) is 2.37. The number of nitrogens with one attached hydrogen (secondary N) is 1. The van der Waals surface area contributed by atoms with Crippen LogP contribution in [-0.2, 0) is 0 Å². The van der Waals surface area contributed by atoms with Crippen molar-refractivity contribution in [2.24, 2.45) is 23.6 Å². The van der Waals surface area contributed by atoms with Crippen LogP contribution in [0.15, 0.2) is 18.5 Å². The highest BCUT2D eigenvalue weighted by Gasteiger charge is 2.31. The molecule has 100 valence electrons. The lowest BCUT2D eigenvalue weighted by atomic mass is 9.72. The van der Waals surface area contributed by atoms with Crippen molar-refractivity contribution >= 4 is 0 Å². The van der Waals surface area contributed by atoms with Crippen molar-refractivity contribution in [3.05, 3.63) is 29.6 Å². The van der Waals surface area contributed by atoms with E-state index in [9.17, 15) is 0 Å². The van der Waals surface area contributed by atoms with Crippen molar-refractivity contribution in [2.45, 2.75) is 46.1 Å². The molecule has 0 amide bonds. The Morgan fingerprint density at radius 1 is 1.33 bits per heavy atom. The molecular weight excluding hydrogens is 222 g/mol. The molecule has 1 heterocycles. The van der Waals surface area contributed by atoms with Crippen LogP contribution in [0.2, 0.25) is 0 Å². The van der Waals surface area contributed by atoms with E-state index in [4.69, 9.17) is 5.84 Å². The highest BCUT2D eigenvalue weighted by atomic mass is 15.2. The summed E-state index contributed by atoms with van der Waals surface area (Å²) in [5.74, 6) is 8.07. The van der Waals surface area contributed by atoms with E-state index >= 15 is 0 Å². The number of pyridine rings is 1. The molecular formula is C15H25N3. The number of hydrogen-bond acceptors (Lipinski definition) is 3. The molecule has 1 aromatic heterocycles. The summed E-state index contributed by atoms with van der Waals surface area (Å²) in [5.41, 5.74) is 5.56. The second-order valence-corrected chi connectivity index (χ2v) is 5.90. The van der Waals surface area contributed by atoms with Gasteiger partial charge in [-0.2, -0.15) is 0 Å². The molecule has 3 heteroatoms. The van der Waals surface area contributed by atoms with E-state index in [1.165, 1.54) is 30.4 Å².